The van der Waals surface area contributed by atoms with Crippen LogP contribution in [0.15, 0.2) is 60.8 Å². The van der Waals surface area contributed by atoms with E-state index in [0.717, 1.165) is 25.7 Å². The topological polar surface area (TPSA) is 221 Å². The first-order valence-corrected chi connectivity index (χ1v) is 29.9. The highest BCUT2D eigenvalue weighted by molar-refractivity contribution is 5.18. The lowest BCUT2D eigenvalue weighted by atomic mass is 9.76. The molecule has 0 saturated carbocycles. The summed E-state index contributed by atoms with van der Waals surface area (Å²) in [5.41, 5.74) is -1.02. The average Bonchev–Trinajstić information content (AvgIpc) is 3.66. The van der Waals surface area contributed by atoms with Gasteiger partial charge in [-0.25, -0.2) is 0 Å². The summed E-state index contributed by atoms with van der Waals surface area (Å²) in [6.07, 6.45) is 13.4. The van der Waals surface area contributed by atoms with Crippen LogP contribution in [0, 0.1) is 23.7 Å². The van der Waals surface area contributed by atoms with Gasteiger partial charge in [-0.05, 0) is 57.3 Å². The van der Waals surface area contributed by atoms with Crippen molar-refractivity contribution in [3.8, 4) is 0 Å². The van der Waals surface area contributed by atoms with Crippen LogP contribution in [0.4, 0.5) is 0 Å². The molecule has 0 aromatic rings. The van der Waals surface area contributed by atoms with E-state index in [2.05, 4.69) is 39.8 Å². The summed E-state index contributed by atoms with van der Waals surface area (Å²) in [6.45, 7) is 11.0. The molecule has 18 heteroatoms. The number of rotatable bonds is 3. The van der Waals surface area contributed by atoms with Crippen molar-refractivity contribution in [2.45, 2.75) is 275 Å². The van der Waals surface area contributed by atoms with Crippen molar-refractivity contribution in [2.75, 3.05) is 13.2 Å². The van der Waals surface area contributed by atoms with Gasteiger partial charge in [-0.2, -0.15) is 0 Å². The molecule has 0 aromatic carbocycles. The predicted octanol–water partition coefficient (Wildman–Crippen LogP) is 4.00. The van der Waals surface area contributed by atoms with Crippen LogP contribution in [-0.2, 0) is 61.6 Å². The molecule has 0 unspecified atom stereocenters. The van der Waals surface area contributed by atoms with Crippen molar-refractivity contribution in [1.29, 1.82) is 0 Å². The molecule has 0 amide bonds. The van der Waals surface area contributed by atoms with Crippen molar-refractivity contribution in [3.63, 3.8) is 0 Å². The Kier molecular flexibility index (Phi) is 15.7. The number of ether oxygens (including phenoxy) is 13. The maximum absolute atomic E-state index is 12.4. The second-order valence-electron chi connectivity index (χ2n) is 25.6. The molecule has 32 atom stereocenters. The van der Waals surface area contributed by atoms with Crippen LogP contribution in [0.3, 0.4) is 0 Å². The zero-order chi connectivity index (χ0) is 53.8. The number of aliphatic hydroxyl groups excluding tert-OH is 5. The van der Waals surface area contributed by atoms with Crippen LogP contribution in [0.1, 0.15) is 105 Å². The minimum Gasteiger partial charge on any atom is -0.393 e. The van der Waals surface area contributed by atoms with Crippen molar-refractivity contribution in [3.05, 3.63) is 60.8 Å². The quantitative estimate of drug-likeness (QED) is 0.252. The minimum absolute atomic E-state index is 0.0912. The van der Waals surface area contributed by atoms with Gasteiger partial charge < -0.3 is 87.1 Å². The first-order chi connectivity index (χ1) is 37.6. The Balaban J connectivity index is 0.678. The summed E-state index contributed by atoms with van der Waals surface area (Å²) in [5.74, 6) is -0.520. The zero-order valence-electron chi connectivity index (χ0n) is 45.8. The number of hydrogen-bond acceptors (Lipinski definition) is 18. The van der Waals surface area contributed by atoms with Gasteiger partial charge in [0.15, 0.2) is 5.79 Å². The first kappa shape index (κ1) is 55.2. The normalized spacial score (nSPS) is 56.5. The Bertz CT molecular complexity index is 2250. The average molecular weight is 1100 g/mol. The van der Waals surface area contributed by atoms with E-state index in [9.17, 15) is 25.5 Å². The van der Waals surface area contributed by atoms with Crippen LogP contribution in [-0.4, -0.2) is 209 Å². The van der Waals surface area contributed by atoms with Crippen LogP contribution >= 0.6 is 0 Å². The van der Waals surface area contributed by atoms with Gasteiger partial charge >= 0.3 is 0 Å². The van der Waals surface area contributed by atoms with E-state index in [-0.39, 0.29) is 84.7 Å². The smallest absolute Gasteiger partial charge is 0.171 e. The van der Waals surface area contributed by atoms with E-state index >= 15 is 0 Å². The van der Waals surface area contributed by atoms with Gasteiger partial charge in [-0.1, -0.05) is 88.5 Å². The van der Waals surface area contributed by atoms with E-state index in [1.54, 1.807) is 6.08 Å². The molecule has 78 heavy (non-hydrogen) atoms. The molecule has 434 valence electrons. The fraction of sp³-hybridized carbons (Fsp3) is 0.833. The Hall–Kier alpha value is -2.02. The molecular weight excluding hydrogens is 1010 g/mol. The van der Waals surface area contributed by atoms with Crippen LogP contribution in [0.25, 0.3) is 0 Å². The van der Waals surface area contributed by atoms with Crippen molar-refractivity contribution < 1.29 is 87.1 Å². The SMILES string of the molecule is C[C@@H]1C[C@@H]2O[C@@H]3[C@@H](C)[C@H](O)[C@@H]4O[C@]5(CCCO5)[C@@H](C)[C@H](C)[C@H]4O[C@H]3C[C@H]2O[C@H]2C[C@H]3O[C@H]4C/C=C\C[C@H]5O[C@H]6C=C[C@H]7O[C@H]8[C@@H](O)[C@H]9O[C@@H](/C=C/[C@H](O)CO)C=CC[C@@H]9O[C@@H]8C[C@@H]7O[C@@H]6C=C[C@@H]5O[C@@H]4C[C@@H](O)[C@]3(C)O[C@@H]2C1. The van der Waals surface area contributed by atoms with Crippen molar-refractivity contribution in [1.82, 2.24) is 0 Å². The van der Waals surface area contributed by atoms with Crippen LogP contribution < -0.4 is 0 Å². The van der Waals surface area contributed by atoms with E-state index in [1.165, 1.54) is 6.08 Å². The second kappa shape index (κ2) is 22.2. The fourth-order valence-corrected chi connectivity index (χ4v) is 15.9. The molecule has 13 aliphatic rings. The summed E-state index contributed by atoms with van der Waals surface area (Å²) in [4.78, 5) is 0. The number of fused-ring (bicyclic) bond motifs is 11. The third-order valence-corrected chi connectivity index (χ3v) is 20.6. The molecule has 5 N–H and O–H groups in total. The minimum atomic E-state index is -1.02. The van der Waals surface area contributed by atoms with Gasteiger partial charge in [0.05, 0.1) is 123 Å². The molecular formula is C60H86O18. The van der Waals surface area contributed by atoms with Crippen LogP contribution in [0.5, 0.6) is 0 Å². The van der Waals surface area contributed by atoms with Gasteiger partial charge in [0.2, 0.25) is 0 Å². The van der Waals surface area contributed by atoms with Gasteiger partial charge in [-0.3, -0.25) is 0 Å². The molecule has 18 nitrogen and oxygen atoms in total. The molecule has 0 aromatic heterocycles. The standard InChI is InChI=1S/C60H86O18/c1-29-22-42-44(25-48-54(75-42)31(3)52(64)58-55(76-48)30(2)32(4)60(78-58)20-9-21-66-60)72-46-27-51-59(5,77-47(46)23-29)50(63)26-45-36(73-51)12-7-6-11-35-37(70-45)16-17-39-38(68-35)18-19-40-43(69-39)24-49-57(74-40)53(65)56-41(71-49)13-8-10-34(67-56)15-14-33(62)28-61/h6-8,10,14-19,29-58,61-65H,9,11-13,20-28H2,1-5H3/b7-6-,15-14+/t29-,30+,31+,32+,33+,34-,35-,36+,37+,38+,39-,40-,41+,42+,43+,44-,45-,46+,47-,48+,49-,50-,51-,52+,53+,54-,55-,56+,57-,58+,59+,60-/m1/s1. The summed E-state index contributed by atoms with van der Waals surface area (Å²) in [5, 5.41) is 55.4. The lowest BCUT2D eigenvalue weighted by Gasteiger charge is -2.53. The predicted molar refractivity (Wildman–Crippen MR) is 278 cm³/mol. The zero-order valence-corrected chi connectivity index (χ0v) is 45.8. The number of hydrogen-bond donors (Lipinski definition) is 5. The van der Waals surface area contributed by atoms with E-state index in [4.69, 9.17) is 61.6 Å². The Morgan fingerprint density at radius 1 is 0.526 bits per heavy atom. The summed E-state index contributed by atoms with van der Waals surface area (Å²) in [6, 6.07) is 0. The van der Waals surface area contributed by atoms with Crippen molar-refractivity contribution >= 4 is 0 Å². The van der Waals surface area contributed by atoms with Gasteiger partial charge in [0.25, 0.3) is 0 Å². The van der Waals surface area contributed by atoms with Gasteiger partial charge in [0.1, 0.15) is 54.4 Å². The Morgan fingerprint density at radius 2 is 1.15 bits per heavy atom. The highest BCUT2D eigenvalue weighted by atomic mass is 16.7. The lowest BCUT2D eigenvalue weighted by Crippen LogP contribution is -2.63. The second-order valence-corrected chi connectivity index (χ2v) is 25.6. The van der Waals surface area contributed by atoms with Gasteiger partial charge in [-0.15, -0.1) is 0 Å². The Labute approximate surface area is 458 Å². The summed E-state index contributed by atoms with van der Waals surface area (Å²) < 4.78 is 89.3. The molecule has 13 aliphatic heterocycles. The summed E-state index contributed by atoms with van der Waals surface area (Å²) in [7, 11) is 0. The summed E-state index contributed by atoms with van der Waals surface area (Å²) >= 11 is 0. The van der Waals surface area contributed by atoms with E-state index < -0.39 is 116 Å². The highest BCUT2D eigenvalue weighted by Gasteiger charge is 2.62. The molecule has 1 spiro atoms. The maximum atomic E-state index is 12.4. The molecule has 0 radical (unpaired) electrons. The van der Waals surface area contributed by atoms with E-state index in [0.29, 0.717) is 51.6 Å². The molecule has 9 fully saturated rings. The van der Waals surface area contributed by atoms with Crippen LogP contribution in [0.2, 0.25) is 0 Å². The number of aliphatic hydroxyl groups is 5. The maximum Gasteiger partial charge on any atom is 0.171 e. The molecule has 13 rings (SSSR count). The third-order valence-electron chi connectivity index (χ3n) is 20.6. The molecule has 0 aliphatic carbocycles. The molecule has 9 saturated heterocycles. The Morgan fingerprint density at radius 3 is 1.94 bits per heavy atom. The monoisotopic (exact) mass is 1090 g/mol. The molecule has 13 heterocycles. The largest absolute Gasteiger partial charge is 0.393 e. The van der Waals surface area contributed by atoms with Crippen molar-refractivity contribution in [2.24, 2.45) is 23.7 Å². The lowest BCUT2D eigenvalue weighted by molar-refractivity contribution is -0.339. The third kappa shape index (κ3) is 10.2. The van der Waals surface area contributed by atoms with Gasteiger partial charge in [0, 0.05) is 43.9 Å². The molecule has 0 bridgehead atoms. The highest BCUT2D eigenvalue weighted by Crippen LogP contribution is 2.52. The fourth-order valence-electron chi connectivity index (χ4n) is 15.9. The first-order valence-electron chi connectivity index (χ1n) is 29.9. The van der Waals surface area contributed by atoms with E-state index in [1.807, 2.05) is 43.4 Å².